The van der Waals surface area contributed by atoms with E-state index in [2.05, 4.69) is 27.4 Å². The van der Waals surface area contributed by atoms with Crippen molar-refractivity contribution < 1.29 is 0 Å². The number of allylic oxidation sites excluding steroid dienone is 1. The summed E-state index contributed by atoms with van der Waals surface area (Å²) in [6.07, 6.45) is 1.99. The first-order valence-electron chi connectivity index (χ1n) is 2.81. The van der Waals surface area contributed by atoms with Gasteiger partial charge in [0.05, 0.1) is 0 Å². The van der Waals surface area contributed by atoms with E-state index in [1.165, 1.54) is 0 Å². The monoisotopic (exact) mass is 98.1 g/mol. The molecule has 0 spiro atoms. The maximum atomic E-state index is 3.68. The minimum atomic E-state index is 0.667. The van der Waals surface area contributed by atoms with Gasteiger partial charge >= 0.3 is 0 Å². The van der Waals surface area contributed by atoms with E-state index in [0.717, 1.165) is 5.92 Å². The molecule has 0 unspecified atom stereocenters. The van der Waals surface area contributed by atoms with E-state index in [0.29, 0.717) is 5.92 Å². The molecule has 0 radical (unpaired) electrons. The van der Waals surface area contributed by atoms with Gasteiger partial charge in [-0.05, 0) is 11.8 Å². The standard InChI is InChI=1S/C7H14/c1-5-7(4)6(2)3/h5-7H,1H2,2-4H3/t7-/m1/s1. The van der Waals surface area contributed by atoms with Gasteiger partial charge in [-0.25, -0.2) is 0 Å². The van der Waals surface area contributed by atoms with Gasteiger partial charge < -0.3 is 0 Å². The van der Waals surface area contributed by atoms with Gasteiger partial charge in [-0.15, -0.1) is 6.58 Å². The zero-order valence-corrected chi connectivity index (χ0v) is 5.44. The molecule has 0 aromatic carbocycles. The zero-order chi connectivity index (χ0) is 5.86. The van der Waals surface area contributed by atoms with Crippen LogP contribution in [0.25, 0.3) is 0 Å². The predicted molar refractivity (Wildman–Crippen MR) is 34.2 cm³/mol. The highest BCUT2D eigenvalue weighted by Gasteiger charge is 1.98. The van der Waals surface area contributed by atoms with E-state index in [1.54, 1.807) is 0 Å². The van der Waals surface area contributed by atoms with Crippen molar-refractivity contribution in [3.63, 3.8) is 0 Å². The Balaban J connectivity index is 3.33. The summed E-state index contributed by atoms with van der Waals surface area (Å²) in [5.41, 5.74) is 0. The smallest absolute Gasteiger partial charge is 0.0242 e. The maximum Gasteiger partial charge on any atom is -0.0242 e. The van der Waals surface area contributed by atoms with E-state index >= 15 is 0 Å². The van der Waals surface area contributed by atoms with Crippen molar-refractivity contribution in [2.24, 2.45) is 11.8 Å². The topological polar surface area (TPSA) is 0 Å². The van der Waals surface area contributed by atoms with Crippen LogP contribution in [0.4, 0.5) is 0 Å². The molecule has 0 N–H and O–H groups in total. The first kappa shape index (κ1) is 6.74. The molecule has 0 nitrogen and oxygen atoms in total. The second-order valence-electron chi connectivity index (χ2n) is 2.34. The first-order chi connectivity index (χ1) is 3.18. The Kier molecular flexibility index (Phi) is 2.73. The third-order valence-electron chi connectivity index (χ3n) is 1.42. The SMILES string of the molecule is C=C[C@@H](C)C(C)C. The van der Waals surface area contributed by atoms with Crippen molar-refractivity contribution in [3.05, 3.63) is 12.7 Å². The summed E-state index contributed by atoms with van der Waals surface area (Å²) in [5, 5.41) is 0. The second kappa shape index (κ2) is 2.84. The molecular weight excluding hydrogens is 84.1 g/mol. The predicted octanol–water partition coefficient (Wildman–Crippen LogP) is 2.46. The van der Waals surface area contributed by atoms with Crippen LogP contribution in [0.3, 0.4) is 0 Å². The van der Waals surface area contributed by atoms with Gasteiger partial charge in [0.25, 0.3) is 0 Å². The summed E-state index contributed by atoms with van der Waals surface area (Å²) in [6, 6.07) is 0. The summed E-state index contributed by atoms with van der Waals surface area (Å²) in [7, 11) is 0. The molecule has 0 aromatic heterocycles. The molecule has 7 heavy (non-hydrogen) atoms. The molecule has 0 bridgehead atoms. The molecule has 0 rings (SSSR count). The van der Waals surface area contributed by atoms with E-state index in [9.17, 15) is 0 Å². The van der Waals surface area contributed by atoms with Crippen LogP contribution in [0.2, 0.25) is 0 Å². The number of hydrogen-bond donors (Lipinski definition) is 0. The van der Waals surface area contributed by atoms with Gasteiger partial charge in [-0.1, -0.05) is 26.8 Å². The summed E-state index contributed by atoms with van der Waals surface area (Å²) in [4.78, 5) is 0. The van der Waals surface area contributed by atoms with Crippen LogP contribution < -0.4 is 0 Å². The van der Waals surface area contributed by atoms with Crippen LogP contribution in [0.15, 0.2) is 12.7 Å². The summed E-state index contributed by atoms with van der Waals surface area (Å²) >= 11 is 0. The van der Waals surface area contributed by atoms with E-state index < -0.39 is 0 Å². The van der Waals surface area contributed by atoms with Gasteiger partial charge in [-0.2, -0.15) is 0 Å². The quantitative estimate of drug-likeness (QED) is 0.465. The third kappa shape index (κ3) is 2.44. The van der Waals surface area contributed by atoms with Crippen molar-refractivity contribution >= 4 is 0 Å². The molecule has 0 heteroatoms. The molecule has 0 aromatic rings. The Morgan fingerprint density at radius 3 is 1.71 bits per heavy atom. The lowest BCUT2D eigenvalue weighted by atomic mass is 9.99. The Bertz CT molecular complexity index is 53.1. The Hall–Kier alpha value is -0.260. The average molecular weight is 98.2 g/mol. The van der Waals surface area contributed by atoms with Crippen molar-refractivity contribution in [2.45, 2.75) is 20.8 Å². The molecule has 0 aliphatic carbocycles. The van der Waals surface area contributed by atoms with Crippen LogP contribution in [-0.4, -0.2) is 0 Å². The lowest BCUT2D eigenvalue weighted by Gasteiger charge is -2.07. The third-order valence-corrected chi connectivity index (χ3v) is 1.42. The van der Waals surface area contributed by atoms with Crippen LogP contribution in [-0.2, 0) is 0 Å². The van der Waals surface area contributed by atoms with Crippen molar-refractivity contribution in [1.29, 1.82) is 0 Å². The minimum Gasteiger partial charge on any atom is -0.103 e. The summed E-state index contributed by atoms with van der Waals surface area (Å²) in [5.74, 6) is 1.41. The molecule has 0 aliphatic heterocycles. The number of rotatable bonds is 2. The highest BCUT2D eigenvalue weighted by molar-refractivity contribution is 4.76. The molecule has 0 amide bonds. The fourth-order valence-corrected chi connectivity index (χ4v) is 0.272. The van der Waals surface area contributed by atoms with E-state index in [1.807, 2.05) is 6.08 Å². The maximum absolute atomic E-state index is 3.68. The second-order valence-corrected chi connectivity index (χ2v) is 2.34. The lowest BCUT2D eigenvalue weighted by molar-refractivity contribution is 0.505. The van der Waals surface area contributed by atoms with E-state index in [-0.39, 0.29) is 0 Å². The zero-order valence-electron chi connectivity index (χ0n) is 5.44. The van der Waals surface area contributed by atoms with E-state index in [4.69, 9.17) is 0 Å². The molecule has 0 heterocycles. The van der Waals surface area contributed by atoms with Crippen LogP contribution in [0, 0.1) is 11.8 Å². The van der Waals surface area contributed by atoms with Crippen molar-refractivity contribution in [2.75, 3.05) is 0 Å². The lowest BCUT2D eigenvalue weighted by Crippen LogP contribution is -1.97. The van der Waals surface area contributed by atoms with Crippen LogP contribution in [0.5, 0.6) is 0 Å². The molecule has 0 fully saturated rings. The van der Waals surface area contributed by atoms with Gasteiger partial charge in [0, 0.05) is 0 Å². The molecule has 0 saturated carbocycles. The Morgan fingerprint density at radius 1 is 1.29 bits per heavy atom. The fraction of sp³-hybridized carbons (Fsp3) is 0.714. The summed E-state index contributed by atoms with van der Waals surface area (Å²) in [6.45, 7) is 10.3. The van der Waals surface area contributed by atoms with Crippen LogP contribution >= 0.6 is 0 Å². The van der Waals surface area contributed by atoms with Gasteiger partial charge in [0.2, 0.25) is 0 Å². The number of hydrogen-bond acceptors (Lipinski definition) is 0. The average Bonchev–Trinajstić information content (AvgIpc) is 1.65. The fourth-order valence-electron chi connectivity index (χ4n) is 0.272. The molecular formula is C7H14. The van der Waals surface area contributed by atoms with Crippen molar-refractivity contribution in [1.82, 2.24) is 0 Å². The Morgan fingerprint density at radius 2 is 1.71 bits per heavy atom. The van der Waals surface area contributed by atoms with Crippen LogP contribution in [0.1, 0.15) is 20.8 Å². The normalized spacial score (nSPS) is 14.3. The molecule has 0 saturated heterocycles. The molecule has 0 aliphatic rings. The van der Waals surface area contributed by atoms with Gasteiger partial charge in [0.15, 0.2) is 0 Å². The van der Waals surface area contributed by atoms with Gasteiger partial charge in [0.1, 0.15) is 0 Å². The van der Waals surface area contributed by atoms with Gasteiger partial charge in [-0.3, -0.25) is 0 Å². The largest absolute Gasteiger partial charge is 0.103 e. The first-order valence-corrected chi connectivity index (χ1v) is 2.81. The van der Waals surface area contributed by atoms with Crippen molar-refractivity contribution in [3.8, 4) is 0 Å². The Labute approximate surface area is 46.2 Å². The minimum absolute atomic E-state index is 0.667. The molecule has 1 atom stereocenters. The molecule has 42 valence electrons. The highest BCUT2D eigenvalue weighted by Crippen LogP contribution is 2.08. The summed E-state index contributed by atoms with van der Waals surface area (Å²) < 4.78 is 0. The highest BCUT2D eigenvalue weighted by atomic mass is 14.0.